The number of hydrogen-bond donors (Lipinski definition) is 1. The molecule has 21 heavy (non-hydrogen) atoms. The minimum Gasteiger partial charge on any atom is -0.496 e. The number of benzene rings is 1. The largest absolute Gasteiger partial charge is 0.496 e. The van der Waals surface area contributed by atoms with Gasteiger partial charge in [0.25, 0.3) is 0 Å². The fourth-order valence-corrected chi connectivity index (χ4v) is 3.08. The summed E-state index contributed by atoms with van der Waals surface area (Å²) in [6, 6.07) is 7.02. The summed E-state index contributed by atoms with van der Waals surface area (Å²) < 4.78 is 24.2. The van der Waals surface area contributed by atoms with Crippen LogP contribution in [-0.2, 0) is 0 Å². The van der Waals surface area contributed by atoms with Crippen molar-refractivity contribution >= 4 is 11.3 Å². The summed E-state index contributed by atoms with van der Waals surface area (Å²) in [5, 5.41) is 5.41. The van der Waals surface area contributed by atoms with E-state index >= 15 is 0 Å². The number of ether oxygens (including phenoxy) is 2. The number of rotatable bonds is 7. The van der Waals surface area contributed by atoms with Crippen LogP contribution in [-0.4, -0.2) is 20.8 Å². The van der Waals surface area contributed by atoms with Gasteiger partial charge in [-0.3, -0.25) is 0 Å². The maximum absolute atomic E-state index is 13.9. The van der Waals surface area contributed by atoms with Crippen molar-refractivity contribution in [1.82, 2.24) is 5.32 Å². The first-order valence-corrected chi connectivity index (χ1v) is 7.76. The van der Waals surface area contributed by atoms with Gasteiger partial charge in [0.2, 0.25) is 0 Å². The summed E-state index contributed by atoms with van der Waals surface area (Å²) in [6.45, 7) is 2.96. The summed E-state index contributed by atoms with van der Waals surface area (Å²) in [6.07, 6.45) is 1.01. The Kier molecular flexibility index (Phi) is 5.59. The van der Waals surface area contributed by atoms with E-state index in [2.05, 4.69) is 12.2 Å². The molecular formula is C16H20FNO2S. The number of thiophene rings is 1. The number of nitrogens with one attached hydrogen (secondary N) is 1. The first-order valence-electron chi connectivity index (χ1n) is 6.88. The van der Waals surface area contributed by atoms with Crippen LogP contribution < -0.4 is 14.8 Å². The van der Waals surface area contributed by atoms with Crippen LogP contribution in [0.5, 0.6) is 11.5 Å². The molecule has 0 aliphatic rings. The molecule has 0 aliphatic heterocycles. The lowest BCUT2D eigenvalue weighted by molar-refractivity contribution is 0.385. The highest BCUT2D eigenvalue weighted by Gasteiger charge is 2.17. The van der Waals surface area contributed by atoms with Crippen molar-refractivity contribution in [2.45, 2.75) is 19.4 Å². The average molecular weight is 309 g/mol. The number of methoxy groups -OCH3 is 2. The smallest absolute Gasteiger partial charge is 0.165 e. The minimum atomic E-state index is -0.346. The molecule has 0 bridgehead atoms. The molecule has 0 saturated carbocycles. The molecule has 0 fully saturated rings. The number of hydrogen-bond acceptors (Lipinski definition) is 4. The second kappa shape index (κ2) is 7.43. The molecule has 0 spiro atoms. The highest BCUT2D eigenvalue weighted by Crippen LogP contribution is 2.32. The molecule has 0 amide bonds. The highest BCUT2D eigenvalue weighted by atomic mass is 32.1. The van der Waals surface area contributed by atoms with E-state index in [0.717, 1.165) is 29.2 Å². The number of halogens is 1. The molecule has 1 aromatic carbocycles. The van der Waals surface area contributed by atoms with E-state index in [1.807, 2.05) is 17.5 Å². The van der Waals surface area contributed by atoms with Crippen LogP contribution in [0.1, 0.15) is 29.8 Å². The van der Waals surface area contributed by atoms with Gasteiger partial charge < -0.3 is 14.8 Å². The van der Waals surface area contributed by atoms with Gasteiger partial charge in [-0.1, -0.05) is 13.0 Å². The molecule has 0 radical (unpaired) electrons. The summed E-state index contributed by atoms with van der Waals surface area (Å²) in [7, 11) is 3.11. The van der Waals surface area contributed by atoms with Gasteiger partial charge in [0, 0.05) is 10.3 Å². The van der Waals surface area contributed by atoms with Gasteiger partial charge in [-0.2, -0.15) is 0 Å². The molecule has 1 N–H and O–H groups in total. The van der Waals surface area contributed by atoms with Gasteiger partial charge in [0.1, 0.15) is 5.75 Å². The molecule has 1 unspecified atom stereocenters. The second-order valence-corrected chi connectivity index (χ2v) is 5.61. The van der Waals surface area contributed by atoms with E-state index in [0.29, 0.717) is 0 Å². The van der Waals surface area contributed by atoms with Gasteiger partial charge in [-0.15, -0.1) is 11.3 Å². The van der Waals surface area contributed by atoms with E-state index in [1.54, 1.807) is 24.5 Å². The zero-order chi connectivity index (χ0) is 15.2. The van der Waals surface area contributed by atoms with Crippen molar-refractivity contribution in [1.29, 1.82) is 0 Å². The summed E-state index contributed by atoms with van der Waals surface area (Å²) >= 11 is 1.60. The molecule has 1 aromatic heterocycles. The summed E-state index contributed by atoms with van der Waals surface area (Å²) in [5.74, 6) is 0.742. The monoisotopic (exact) mass is 309 g/mol. The predicted octanol–water partition coefficient (Wildman–Crippen LogP) is 3.99. The molecule has 5 heteroatoms. The van der Waals surface area contributed by atoms with Crippen LogP contribution >= 0.6 is 11.3 Å². The van der Waals surface area contributed by atoms with E-state index in [9.17, 15) is 4.39 Å². The lowest BCUT2D eigenvalue weighted by Gasteiger charge is -2.18. The van der Waals surface area contributed by atoms with Crippen LogP contribution in [0.2, 0.25) is 0 Å². The fraction of sp³-hybridized carbons (Fsp3) is 0.375. The van der Waals surface area contributed by atoms with Gasteiger partial charge in [-0.25, -0.2) is 4.39 Å². The van der Waals surface area contributed by atoms with Crippen LogP contribution in [0.15, 0.2) is 29.6 Å². The van der Waals surface area contributed by atoms with Crippen LogP contribution in [0, 0.1) is 5.82 Å². The topological polar surface area (TPSA) is 30.5 Å². The van der Waals surface area contributed by atoms with Crippen molar-refractivity contribution in [3.05, 3.63) is 45.9 Å². The Morgan fingerprint density at radius 1 is 1.24 bits per heavy atom. The summed E-state index contributed by atoms with van der Waals surface area (Å²) in [5.41, 5.74) is 0.881. The van der Waals surface area contributed by atoms with Crippen molar-refractivity contribution < 1.29 is 13.9 Å². The summed E-state index contributed by atoms with van der Waals surface area (Å²) in [4.78, 5) is 1.10. The van der Waals surface area contributed by atoms with Crippen LogP contribution in [0.3, 0.4) is 0 Å². The van der Waals surface area contributed by atoms with Crippen LogP contribution in [0.4, 0.5) is 4.39 Å². The Balaban J connectivity index is 2.32. The van der Waals surface area contributed by atoms with Gasteiger partial charge >= 0.3 is 0 Å². The van der Waals surface area contributed by atoms with E-state index in [1.165, 1.54) is 13.2 Å². The van der Waals surface area contributed by atoms with Crippen molar-refractivity contribution in [3.63, 3.8) is 0 Å². The fourth-order valence-electron chi connectivity index (χ4n) is 2.13. The SMILES string of the molecule is CCCNC(c1ccc(OC)c(F)c1)c1cc(OC)cs1. The van der Waals surface area contributed by atoms with Crippen molar-refractivity contribution in [3.8, 4) is 11.5 Å². The third-order valence-electron chi connectivity index (χ3n) is 3.22. The standard InChI is InChI=1S/C16H20FNO2S/c1-4-7-18-16(15-9-12(19-2)10-21-15)11-5-6-14(20-3)13(17)8-11/h5-6,8-10,16,18H,4,7H2,1-3H3. The Bertz CT molecular complexity index is 585. The quantitative estimate of drug-likeness (QED) is 0.839. The lowest BCUT2D eigenvalue weighted by atomic mass is 10.0. The van der Waals surface area contributed by atoms with E-state index in [-0.39, 0.29) is 17.6 Å². The molecule has 3 nitrogen and oxygen atoms in total. The van der Waals surface area contributed by atoms with Gasteiger partial charge in [0.05, 0.1) is 20.3 Å². The molecule has 2 aromatic rings. The first-order chi connectivity index (χ1) is 10.2. The highest BCUT2D eigenvalue weighted by molar-refractivity contribution is 7.10. The predicted molar refractivity (Wildman–Crippen MR) is 84.0 cm³/mol. The Morgan fingerprint density at radius 2 is 2.05 bits per heavy atom. The zero-order valence-electron chi connectivity index (χ0n) is 12.5. The Morgan fingerprint density at radius 3 is 2.62 bits per heavy atom. The van der Waals surface area contributed by atoms with E-state index < -0.39 is 0 Å². The zero-order valence-corrected chi connectivity index (χ0v) is 13.3. The molecule has 1 heterocycles. The lowest BCUT2D eigenvalue weighted by Crippen LogP contribution is -2.22. The van der Waals surface area contributed by atoms with Crippen LogP contribution in [0.25, 0.3) is 0 Å². The molecular weight excluding hydrogens is 289 g/mol. The normalized spacial score (nSPS) is 12.2. The molecule has 114 valence electrons. The Hall–Kier alpha value is -1.59. The maximum Gasteiger partial charge on any atom is 0.165 e. The maximum atomic E-state index is 13.9. The Labute approximate surface area is 128 Å². The third kappa shape index (κ3) is 3.74. The van der Waals surface area contributed by atoms with Crippen molar-refractivity contribution in [2.75, 3.05) is 20.8 Å². The first kappa shape index (κ1) is 15.8. The molecule has 2 rings (SSSR count). The second-order valence-electron chi connectivity index (χ2n) is 4.67. The molecule has 0 saturated heterocycles. The van der Waals surface area contributed by atoms with Gasteiger partial charge in [-0.05, 0) is 36.7 Å². The van der Waals surface area contributed by atoms with Crippen molar-refractivity contribution in [2.24, 2.45) is 0 Å². The third-order valence-corrected chi connectivity index (χ3v) is 4.20. The van der Waals surface area contributed by atoms with Gasteiger partial charge in [0.15, 0.2) is 11.6 Å². The molecule has 0 aliphatic carbocycles. The van der Waals surface area contributed by atoms with E-state index in [4.69, 9.17) is 9.47 Å². The molecule has 1 atom stereocenters. The minimum absolute atomic E-state index is 0.0424. The average Bonchev–Trinajstić information content (AvgIpc) is 2.96.